The van der Waals surface area contributed by atoms with Crippen LogP contribution in [0.25, 0.3) is 0 Å². The number of aliphatic carboxylic acids is 1. The molecule has 2 fully saturated rings. The van der Waals surface area contributed by atoms with E-state index < -0.39 is 46.7 Å². The number of carboxylic acid groups (broad SMARTS) is 1. The highest BCUT2D eigenvalue weighted by atomic mass is 35.5. The molecule has 2 saturated heterocycles. The minimum absolute atomic E-state index is 0.000895. The highest BCUT2D eigenvalue weighted by molar-refractivity contribution is 8.00. The van der Waals surface area contributed by atoms with E-state index in [1.54, 1.807) is 58.3 Å². The topological polar surface area (TPSA) is 160 Å². The number of thioether (sulfide) groups is 2. The lowest BCUT2D eigenvalue weighted by atomic mass is 10.0. The van der Waals surface area contributed by atoms with E-state index in [0.717, 1.165) is 22.6 Å². The zero-order valence-electron chi connectivity index (χ0n) is 26.5. The Hall–Kier alpha value is -4.57. The van der Waals surface area contributed by atoms with Gasteiger partial charge in [0.05, 0.1) is 5.75 Å². The average Bonchev–Trinajstić information content (AvgIpc) is 3.42. The van der Waals surface area contributed by atoms with E-state index >= 15 is 0 Å². The molecule has 12 nitrogen and oxygen atoms in total. The molecule has 4 heterocycles. The largest absolute Gasteiger partial charge is 0.505 e. The number of hydrogen-bond donors (Lipinski definition) is 4. The van der Waals surface area contributed by atoms with Crippen LogP contribution in [0.1, 0.15) is 12.0 Å². The molecule has 0 unspecified atom stereocenters. The normalized spacial score (nSPS) is 19.2. The number of aromatic nitrogens is 1. The summed E-state index contributed by atoms with van der Waals surface area (Å²) in [6.45, 7) is 0.642. The van der Waals surface area contributed by atoms with Crippen molar-refractivity contribution in [2.75, 3.05) is 23.4 Å². The molecule has 3 aliphatic rings. The quantitative estimate of drug-likeness (QED) is 0.0745. The maximum atomic E-state index is 13.6. The molecule has 6 rings (SSSR count). The van der Waals surface area contributed by atoms with Crippen molar-refractivity contribution in [2.45, 2.75) is 35.8 Å². The highest BCUT2D eigenvalue weighted by Crippen LogP contribution is 2.41. The van der Waals surface area contributed by atoms with E-state index in [9.17, 15) is 38.6 Å². The van der Waals surface area contributed by atoms with Crippen LogP contribution in [-0.2, 0) is 37.1 Å². The van der Waals surface area contributed by atoms with E-state index in [1.807, 2.05) is 0 Å². The second-order valence-electron chi connectivity index (χ2n) is 11.8. The standard InChI is InChI=1S/C34H28Cl2FN5O7S2/c35-21-10-22(36)12-24(11-21)50-17-28(45)39-29-32(47)42-30(34(48)49)20(16-51-33(29)42)9-19-5-8-41(31(19)46)14-18-3-6-40(7-4-18)15-27(44)38-23-1-2-26(43)25(37)13-23/h1-4,6-7,9-13,29,33H,5,8,14-17H2,(H3-,38,39,43,44,45,48,49)/p+1/t29-,33-/m1/s1. The Kier molecular flexibility index (Phi) is 10.9. The zero-order chi connectivity index (χ0) is 36.4. The van der Waals surface area contributed by atoms with Crippen LogP contribution in [0.4, 0.5) is 10.1 Å². The molecule has 2 aromatic carbocycles. The number of carbonyl (C=O) groups excluding carboxylic acids is 4. The number of anilines is 1. The highest BCUT2D eigenvalue weighted by Gasteiger charge is 2.54. The monoisotopic (exact) mass is 772 g/mol. The van der Waals surface area contributed by atoms with Gasteiger partial charge in [-0.25, -0.2) is 9.18 Å². The Morgan fingerprint density at radius 2 is 1.78 bits per heavy atom. The molecule has 264 valence electrons. The van der Waals surface area contributed by atoms with E-state index in [-0.39, 0.29) is 41.9 Å². The summed E-state index contributed by atoms with van der Waals surface area (Å²) in [5.41, 5.74) is 1.57. The maximum absolute atomic E-state index is 13.6. The smallest absolute Gasteiger partial charge is 0.352 e. The first-order valence-corrected chi connectivity index (χ1v) is 18.2. The number of nitrogens with one attached hydrogen (secondary N) is 2. The fourth-order valence-corrected chi connectivity index (χ4v) is 8.53. The zero-order valence-corrected chi connectivity index (χ0v) is 29.6. The van der Waals surface area contributed by atoms with Crippen molar-refractivity contribution in [1.82, 2.24) is 15.1 Å². The molecule has 17 heteroatoms. The predicted molar refractivity (Wildman–Crippen MR) is 188 cm³/mol. The summed E-state index contributed by atoms with van der Waals surface area (Å²) in [7, 11) is 0. The number of amides is 4. The first-order chi connectivity index (χ1) is 24.4. The average molecular weight is 774 g/mol. The van der Waals surface area contributed by atoms with Gasteiger partial charge in [-0.2, -0.15) is 4.57 Å². The Labute approximate surface area is 309 Å². The molecule has 4 N–H and O–H groups in total. The number of benzene rings is 2. The molecule has 0 aliphatic carbocycles. The van der Waals surface area contributed by atoms with Crippen LogP contribution < -0.4 is 15.2 Å². The van der Waals surface area contributed by atoms with Crippen LogP contribution in [0.2, 0.25) is 10.0 Å². The van der Waals surface area contributed by atoms with Crippen molar-refractivity contribution in [1.29, 1.82) is 0 Å². The Morgan fingerprint density at radius 3 is 2.47 bits per heavy atom. The van der Waals surface area contributed by atoms with E-state index in [1.165, 1.54) is 29.6 Å². The van der Waals surface area contributed by atoms with Crippen molar-refractivity contribution >= 4 is 82.0 Å². The molecule has 0 saturated carbocycles. The van der Waals surface area contributed by atoms with Gasteiger partial charge < -0.3 is 25.7 Å². The van der Waals surface area contributed by atoms with Crippen molar-refractivity contribution in [3.8, 4) is 5.75 Å². The number of pyridine rings is 1. The molecule has 0 bridgehead atoms. The van der Waals surface area contributed by atoms with Gasteiger partial charge in [-0.15, -0.1) is 23.5 Å². The number of rotatable bonds is 11. The Bertz CT molecular complexity index is 1990. The summed E-state index contributed by atoms with van der Waals surface area (Å²) in [5.74, 6) is -4.04. The first-order valence-electron chi connectivity index (χ1n) is 15.4. The van der Waals surface area contributed by atoms with Crippen LogP contribution in [0.15, 0.2) is 88.7 Å². The number of aromatic hydroxyl groups is 1. The summed E-state index contributed by atoms with van der Waals surface area (Å²) in [4.78, 5) is 67.3. The molecule has 0 spiro atoms. The summed E-state index contributed by atoms with van der Waals surface area (Å²) in [6, 6.07) is 11.1. The van der Waals surface area contributed by atoms with Gasteiger partial charge in [0.1, 0.15) is 17.1 Å². The minimum Gasteiger partial charge on any atom is -0.505 e. The number of phenols is 1. The van der Waals surface area contributed by atoms with E-state index in [2.05, 4.69) is 10.6 Å². The van der Waals surface area contributed by atoms with Crippen LogP contribution >= 0.6 is 46.7 Å². The number of fused-ring (bicyclic) bond motifs is 1. The molecule has 4 amide bonds. The molecule has 51 heavy (non-hydrogen) atoms. The van der Waals surface area contributed by atoms with Crippen molar-refractivity contribution in [3.05, 3.63) is 105 Å². The van der Waals surface area contributed by atoms with Crippen molar-refractivity contribution in [3.63, 3.8) is 0 Å². The minimum atomic E-state index is -1.30. The third-order valence-corrected chi connectivity index (χ3v) is 10.9. The fraction of sp³-hybridized carbons (Fsp3) is 0.235. The molecule has 3 aliphatic heterocycles. The van der Waals surface area contributed by atoms with Crippen LogP contribution in [0.3, 0.4) is 0 Å². The second-order valence-corrected chi connectivity index (χ2v) is 14.8. The molecular weight excluding hydrogens is 744 g/mol. The van der Waals surface area contributed by atoms with Crippen molar-refractivity contribution < 1.29 is 43.1 Å². The fourth-order valence-electron chi connectivity index (χ4n) is 5.76. The summed E-state index contributed by atoms with van der Waals surface area (Å²) in [6.07, 6.45) is 5.29. The van der Waals surface area contributed by atoms with Crippen LogP contribution in [0, 0.1) is 5.82 Å². The lowest BCUT2D eigenvalue weighted by Crippen LogP contribution is -2.70. The van der Waals surface area contributed by atoms with E-state index in [4.69, 9.17) is 23.2 Å². The predicted octanol–water partition coefficient (Wildman–Crippen LogP) is 3.95. The molecule has 1 aromatic heterocycles. The van der Waals surface area contributed by atoms with Gasteiger partial charge in [0.2, 0.25) is 18.4 Å². The Balaban J connectivity index is 1.04. The number of carbonyl (C=O) groups is 5. The number of halogens is 3. The number of hydrogen-bond acceptors (Lipinski definition) is 8. The number of phenolic OH excluding ortho intramolecular Hbond substituents is 1. The van der Waals surface area contributed by atoms with E-state index in [0.29, 0.717) is 39.1 Å². The number of carboxylic acids is 1. The summed E-state index contributed by atoms with van der Waals surface area (Å²) < 4.78 is 15.2. The molecule has 0 radical (unpaired) electrons. The summed E-state index contributed by atoms with van der Waals surface area (Å²) in [5, 5.41) is 24.9. The number of likely N-dealkylation sites (tertiary alicyclic amines) is 1. The van der Waals surface area contributed by atoms with Crippen LogP contribution in [-0.4, -0.2) is 79.1 Å². The Morgan fingerprint density at radius 1 is 1.06 bits per heavy atom. The van der Waals surface area contributed by atoms with Gasteiger partial charge in [0.15, 0.2) is 24.0 Å². The lowest BCUT2D eigenvalue weighted by Gasteiger charge is -2.49. The molecule has 2 atom stereocenters. The third-order valence-electron chi connectivity index (χ3n) is 8.18. The van der Waals surface area contributed by atoms with Gasteiger partial charge in [-0.05, 0) is 54.0 Å². The van der Waals surface area contributed by atoms with Crippen molar-refractivity contribution in [2.24, 2.45) is 0 Å². The third kappa shape index (κ3) is 8.33. The van der Waals surface area contributed by atoms with Gasteiger partial charge in [0.25, 0.3) is 11.8 Å². The number of β-lactam (4-membered cyclic amide) rings is 1. The number of nitrogens with zero attached hydrogens (tertiary/aromatic N) is 3. The number of allylic oxidation sites excluding steroid dienone is 1. The van der Waals surface area contributed by atoms with Gasteiger partial charge >= 0.3 is 5.97 Å². The summed E-state index contributed by atoms with van der Waals surface area (Å²) >= 11 is 14.5. The maximum Gasteiger partial charge on any atom is 0.352 e. The molecular formula is C34H29Cl2FN5O7S2+. The van der Waals surface area contributed by atoms with Gasteiger partial charge in [0, 0.05) is 63.2 Å². The van der Waals surface area contributed by atoms with Crippen LogP contribution in [0.5, 0.6) is 5.75 Å². The SMILES string of the molecule is O=C(C[n+]1ccc(CN2CCC(=CC3=C(C(=O)O)N4C(=O)[C@@H](NC(=O)CSc5cc(Cl)cc(Cl)c5)[C@H]4SC3)C2=O)cc1)Nc1ccc(O)c(F)c1. The lowest BCUT2D eigenvalue weighted by molar-refractivity contribution is -0.684. The first kappa shape index (κ1) is 36.2. The van der Waals surface area contributed by atoms with Gasteiger partial charge in [-0.3, -0.25) is 24.1 Å². The molecule has 3 aromatic rings. The second kappa shape index (κ2) is 15.4. The van der Waals surface area contributed by atoms with Gasteiger partial charge in [-0.1, -0.05) is 23.2 Å².